The summed E-state index contributed by atoms with van der Waals surface area (Å²) >= 11 is 1.23. The monoisotopic (exact) mass is 263 g/mol. The van der Waals surface area contributed by atoms with Gasteiger partial charge in [-0.15, -0.1) is 11.3 Å². The van der Waals surface area contributed by atoms with Gasteiger partial charge >= 0.3 is 0 Å². The normalized spacial score (nSPS) is 10.3. The Balaban J connectivity index is 2.31. The quantitative estimate of drug-likeness (QED) is 0.888. The van der Waals surface area contributed by atoms with Gasteiger partial charge in [-0.25, -0.2) is 4.98 Å². The number of aromatic nitrogens is 1. The summed E-state index contributed by atoms with van der Waals surface area (Å²) in [5.41, 5.74) is 6.47. The second-order valence-corrected chi connectivity index (χ2v) is 4.53. The first-order valence-electron chi connectivity index (χ1n) is 5.43. The van der Waals surface area contributed by atoms with E-state index in [0.717, 1.165) is 0 Å². The highest BCUT2D eigenvalue weighted by Crippen LogP contribution is 2.22. The maximum atomic E-state index is 12.2. The van der Waals surface area contributed by atoms with Crippen LogP contribution >= 0.6 is 11.3 Å². The average Bonchev–Trinajstić information content (AvgIpc) is 2.77. The van der Waals surface area contributed by atoms with Crippen molar-refractivity contribution >= 4 is 28.1 Å². The summed E-state index contributed by atoms with van der Waals surface area (Å²) in [6, 6.07) is 6.55. The van der Waals surface area contributed by atoms with Crippen LogP contribution < -0.4 is 10.6 Å². The van der Waals surface area contributed by atoms with Crippen molar-refractivity contribution < 1.29 is 9.90 Å². The number of phenols is 1. The van der Waals surface area contributed by atoms with Gasteiger partial charge < -0.3 is 15.7 Å². The van der Waals surface area contributed by atoms with Crippen molar-refractivity contribution in [3.8, 4) is 5.75 Å². The predicted molar refractivity (Wildman–Crippen MR) is 72.0 cm³/mol. The lowest BCUT2D eigenvalue weighted by atomic mass is 10.2. The molecule has 6 heteroatoms. The van der Waals surface area contributed by atoms with E-state index in [1.165, 1.54) is 22.3 Å². The first kappa shape index (κ1) is 12.4. The van der Waals surface area contributed by atoms with E-state index in [1.54, 1.807) is 23.6 Å². The van der Waals surface area contributed by atoms with Gasteiger partial charge in [0.05, 0.1) is 0 Å². The molecular weight excluding hydrogens is 250 g/mol. The summed E-state index contributed by atoms with van der Waals surface area (Å²) in [6.45, 7) is 2.34. The fraction of sp³-hybridized carbons (Fsp3) is 0.167. The molecule has 1 heterocycles. The Kier molecular flexibility index (Phi) is 3.47. The van der Waals surface area contributed by atoms with Crippen LogP contribution in [0, 0.1) is 0 Å². The van der Waals surface area contributed by atoms with Crippen LogP contribution in [0.2, 0.25) is 0 Å². The van der Waals surface area contributed by atoms with Crippen LogP contribution in [0.5, 0.6) is 5.75 Å². The van der Waals surface area contributed by atoms with E-state index in [1.807, 2.05) is 6.92 Å². The lowest BCUT2D eigenvalue weighted by molar-refractivity contribution is 0.0984. The standard InChI is InChI=1S/C12H13N3O2S/c1-2-15(8-4-3-5-9(16)6-8)11(17)10-7-18-12(13)14-10/h3-7,16H,2H2,1H3,(H2,13,14). The fourth-order valence-electron chi connectivity index (χ4n) is 1.63. The van der Waals surface area contributed by atoms with Gasteiger partial charge in [-0.2, -0.15) is 0 Å². The van der Waals surface area contributed by atoms with Gasteiger partial charge in [-0.3, -0.25) is 4.79 Å². The highest BCUT2D eigenvalue weighted by Gasteiger charge is 2.18. The second-order valence-electron chi connectivity index (χ2n) is 3.64. The van der Waals surface area contributed by atoms with Gasteiger partial charge in [0.15, 0.2) is 5.13 Å². The number of phenolic OH excluding ortho intramolecular Hbond substituents is 1. The minimum Gasteiger partial charge on any atom is -0.508 e. The van der Waals surface area contributed by atoms with E-state index in [9.17, 15) is 9.90 Å². The molecule has 1 amide bonds. The number of rotatable bonds is 3. The molecule has 2 aromatic rings. The number of amides is 1. The summed E-state index contributed by atoms with van der Waals surface area (Å²) in [5.74, 6) is -0.104. The predicted octanol–water partition coefficient (Wildman–Crippen LogP) is 2.10. The number of benzene rings is 1. The summed E-state index contributed by atoms with van der Waals surface area (Å²) in [4.78, 5) is 17.7. The molecule has 2 rings (SSSR count). The van der Waals surface area contributed by atoms with Crippen LogP contribution in [0.15, 0.2) is 29.6 Å². The third kappa shape index (κ3) is 2.43. The maximum Gasteiger partial charge on any atom is 0.277 e. The SMILES string of the molecule is CCN(C(=O)c1csc(N)n1)c1cccc(O)c1. The number of carbonyl (C=O) groups excluding carboxylic acids is 1. The van der Waals surface area contributed by atoms with Crippen LogP contribution in [-0.4, -0.2) is 22.5 Å². The number of anilines is 2. The van der Waals surface area contributed by atoms with E-state index in [2.05, 4.69) is 4.98 Å². The molecule has 0 fully saturated rings. The Morgan fingerprint density at radius 2 is 2.33 bits per heavy atom. The van der Waals surface area contributed by atoms with Crippen molar-refractivity contribution in [2.24, 2.45) is 0 Å². The zero-order valence-electron chi connectivity index (χ0n) is 9.83. The number of hydrogen-bond donors (Lipinski definition) is 2. The van der Waals surface area contributed by atoms with E-state index in [0.29, 0.717) is 23.1 Å². The van der Waals surface area contributed by atoms with Crippen LogP contribution in [0.3, 0.4) is 0 Å². The zero-order chi connectivity index (χ0) is 13.1. The molecule has 0 spiro atoms. The third-order valence-electron chi connectivity index (χ3n) is 2.44. The highest BCUT2D eigenvalue weighted by atomic mass is 32.1. The molecule has 0 saturated heterocycles. The molecule has 0 aliphatic rings. The van der Waals surface area contributed by atoms with E-state index in [-0.39, 0.29) is 11.7 Å². The summed E-state index contributed by atoms with van der Waals surface area (Å²) in [6.07, 6.45) is 0. The Labute approximate surface area is 108 Å². The molecule has 18 heavy (non-hydrogen) atoms. The van der Waals surface area contributed by atoms with Crippen molar-refractivity contribution in [2.45, 2.75) is 6.92 Å². The Morgan fingerprint density at radius 3 is 2.89 bits per heavy atom. The molecule has 0 radical (unpaired) electrons. The van der Waals surface area contributed by atoms with Gasteiger partial charge in [0.1, 0.15) is 11.4 Å². The minimum absolute atomic E-state index is 0.122. The molecule has 1 aromatic heterocycles. The molecule has 94 valence electrons. The summed E-state index contributed by atoms with van der Waals surface area (Å²) < 4.78 is 0. The topological polar surface area (TPSA) is 79.5 Å². The Morgan fingerprint density at radius 1 is 1.56 bits per heavy atom. The van der Waals surface area contributed by atoms with Gasteiger partial charge in [0.2, 0.25) is 0 Å². The van der Waals surface area contributed by atoms with Crippen molar-refractivity contribution in [3.05, 3.63) is 35.3 Å². The number of nitrogens with two attached hydrogens (primary N) is 1. The number of thiazole rings is 1. The van der Waals surface area contributed by atoms with Crippen LogP contribution in [0.4, 0.5) is 10.8 Å². The van der Waals surface area contributed by atoms with Gasteiger partial charge in [0, 0.05) is 23.7 Å². The number of nitrogen functional groups attached to an aromatic ring is 1. The molecule has 0 saturated carbocycles. The average molecular weight is 263 g/mol. The largest absolute Gasteiger partial charge is 0.508 e. The van der Waals surface area contributed by atoms with Gasteiger partial charge in [0.25, 0.3) is 5.91 Å². The third-order valence-corrected chi connectivity index (χ3v) is 3.12. The minimum atomic E-state index is -0.226. The summed E-state index contributed by atoms with van der Waals surface area (Å²) in [5, 5.41) is 11.4. The molecule has 1 aromatic carbocycles. The van der Waals surface area contributed by atoms with E-state index in [4.69, 9.17) is 5.73 Å². The maximum absolute atomic E-state index is 12.2. The molecule has 0 aliphatic heterocycles. The number of aromatic hydroxyl groups is 1. The number of carbonyl (C=O) groups is 1. The molecule has 0 atom stereocenters. The number of nitrogens with zero attached hydrogens (tertiary/aromatic N) is 2. The molecule has 3 N–H and O–H groups in total. The molecule has 0 aliphatic carbocycles. The van der Waals surface area contributed by atoms with Crippen LogP contribution in [0.25, 0.3) is 0 Å². The molecular formula is C12H13N3O2S. The summed E-state index contributed by atoms with van der Waals surface area (Å²) in [7, 11) is 0. The first-order chi connectivity index (χ1) is 8.61. The Bertz CT molecular complexity index is 568. The second kappa shape index (κ2) is 5.05. The fourth-order valence-corrected chi connectivity index (χ4v) is 2.17. The lowest BCUT2D eigenvalue weighted by Crippen LogP contribution is -2.30. The van der Waals surface area contributed by atoms with E-state index >= 15 is 0 Å². The van der Waals surface area contributed by atoms with Crippen LogP contribution in [-0.2, 0) is 0 Å². The molecule has 0 bridgehead atoms. The molecule has 5 nitrogen and oxygen atoms in total. The smallest absolute Gasteiger partial charge is 0.277 e. The van der Waals surface area contributed by atoms with Crippen molar-refractivity contribution in [1.29, 1.82) is 0 Å². The van der Waals surface area contributed by atoms with Gasteiger partial charge in [-0.05, 0) is 19.1 Å². The van der Waals surface area contributed by atoms with Crippen molar-refractivity contribution in [3.63, 3.8) is 0 Å². The molecule has 0 unspecified atom stereocenters. The van der Waals surface area contributed by atoms with Gasteiger partial charge in [-0.1, -0.05) is 6.07 Å². The lowest BCUT2D eigenvalue weighted by Gasteiger charge is -2.20. The first-order valence-corrected chi connectivity index (χ1v) is 6.31. The zero-order valence-corrected chi connectivity index (χ0v) is 10.6. The number of hydrogen-bond acceptors (Lipinski definition) is 5. The van der Waals surface area contributed by atoms with Crippen molar-refractivity contribution in [2.75, 3.05) is 17.2 Å². The van der Waals surface area contributed by atoms with Crippen molar-refractivity contribution in [1.82, 2.24) is 4.98 Å². The van der Waals surface area contributed by atoms with Crippen LogP contribution in [0.1, 0.15) is 17.4 Å². The Hall–Kier alpha value is -2.08. The highest BCUT2D eigenvalue weighted by molar-refractivity contribution is 7.13. The van der Waals surface area contributed by atoms with E-state index < -0.39 is 0 Å².